The van der Waals surface area contributed by atoms with Crippen LogP contribution >= 0.6 is 15.9 Å². The minimum Gasteiger partial charge on any atom is -0.390 e. The largest absolute Gasteiger partial charge is 0.390 e. The number of aliphatic hydroxyl groups excluding tert-OH is 2. The van der Waals surface area contributed by atoms with Crippen molar-refractivity contribution in [2.45, 2.75) is 25.6 Å². The van der Waals surface area contributed by atoms with Gasteiger partial charge in [-0.2, -0.15) is 0 Å². The standard InChI is InChI=1S/C10H13BrN2O4/c1-6-8(13(16)17)4-7(5-12-6)10(15)9(14)2-3-11/h4-5,9-10,14-15H,2-3H2,1H3. The van der Waals surface area contributed by atoms with Gasteiger partial charge in [-0.25, -0.2) is 0 Å². The predicted octanol–water partition coefficient (Wildman–Crippen LogP) is 1.48. The third-order valence-electron chi connectivity index (χ3n) is 2.39. The number of aliphatic hydroxyl groups is 2. The number of alkyl halides is 1. The predicted molar refractivity (Wildman–Crippen MR) is 65.0 cm³/mol. The fraction of sp³-hybridized carbons (Fsp3) is 0.500. The molecule has 0 radical (unpaired) electrons. The molecule has 1 heterocycles. The average molecular weight is 305 g/mol. The van der Waals surface area contributed by atoms with Gasteiger partial charge < -0.3 is 10.2 Å². The second-order valence-corrected chi connectivity index (χ2v) is 4.41. The molecule has 17 heavy (non-hydrogen) atoms. The van der Waals surface area contributed by atoms with Gasteiger partial charge in [-0.15, -0.1) is 0 Å². The molecule has 1 rings (SSSR count). The smallest absolute Gasteiger partial charge is 0.290 e. The lowest BCUT2D eigenvalue weighted by atomic mass is 10.0. The highest BCUT2D eigenvalue weighted by atomic mass is 79.9. The zero-order valence-electron chi connectivity index (χ0n) is 9.21. The molecule has 0 aromatic carbocycles. The number of rotatable bonds is 5. The van der Waals surface area contributed by atoms with E-state index >= 15 is 0 Å². The molecule has 2 atom stereocenters. The first-order valence-corrected chi connectivity index (χ1v) is 6.12. The Labute approximate surface area is 107 Å². The molecule has 0 amide bonds. The minimum atomic E-state index is -1.17. The molecule has 6 nitrogen and oxygen atoms in total. The van der Waals surface area contributed by atoms with E-state index in [0.29, 0.717) is 11.8 Å². The molecule has 0 aliphatic heterocycles. The number of pyridine rings is 1. The van der Waals surface area contributed by atoms with E-state index < -0.39 is 17.1 Å². The number of aromatic nitrogens is 1. The molecule has 0 saturated carbocycles. The average Bonchev–Trinajstić information content (AvgIpc) is 2.28. The highest BCUT2D eigenvalue weighted by Gasteiger charge is 2.21. The van der Waals surface area contributed by atoms with Gasteiger partial charge in [0.2, 0.25) is 0 Å². The second-order valence-electron chi connectivity index (χ2n) is 3.62. The molecule has 2 unspecified atom stereocenters. The van der Waals surface area contributed by atoms with Crippen LogP contribution in [-0.2, 0) is 0 Å². The summed E-state index contributed by atoms with van der Waals surface area (Å²) in [4.78, 5) is 14.0. The van der Waals surface area contributed by atoms with E-state index in [-0.39, 0.29) is 16.9 Å². The van der Waals surface area contributed by atoms with Crippen LogP contribution in [0, 0.1) is 17.0 Å². The van der Waals surface area contributed by atoms with Gasteiger partial charge in [0.25, 0.3) is 5.69 Å². The summed E-state index contributed by atoms with van der Waals surface area (Å²) in [5.41, 5.74) is 0.365. The maximum Gasteiger partial charge on any atom is 0.290 e. The van der Waals surface area contributed by atoms with Crippen molar-refractivity contribution in [3.05, 3.63) is 33.6 Å². The molecule has 0 saturated heterocycles. The highest BCUT2D eigenvalue weighted by Crippen LogP contribution is 2.24. The third-order valence-corrected chi connectivity index (χ3v) is 2.85. The van der Waals surface area contributed by atoms with Gasteiger partial charge in [0.15, 0.2) is 0 Å². The zero-order chi connectivity index (χ0) is 13.0. The number of halogens is 1. The number of hydrogen-bond donors (Lipinski definition) is 2. The van der Waals surface area contributed by atoms with Crippen molar-refractivity contribution in [2.75, 3.05) is 5.33 Å². The molecule has 0 fully saturated rings. The molecule has 0 bridgehead atoms. The summed E-state index contributed by atoms with van der Waals surface area (Å²) in [5.74, 6) is 0. The number of nitrogens with zero attached hydrogens (tertiary/aromatic N) is 2. The molecule has 1 aromatic rings. The van der Waals surface area contributed by atoms with Crippen molar-refractivity contribution in [2.24, 2.45) is 0 Å². The normalized spacial score (nSPS) is 14.4. The van der Waals surface area contributed by atoms with Crippen molar-refractivity contribution < 1.29 is 15.1 Å². The summed E-state index contributed by atoms with van der Waals surface area (Å²) in [7, 11) is 0. The van der Waals surface area contributed by atoms with Crippen molar-refractivity contribution in [3.63, 3.8) is 0 Å². The minimum absolute atomic E-state index is 0.160. The van der Waals surface area contributed by atoms with E-state index in [0.717, 1.165) is 0 Å². The van der Waals surface area contributed by atoms with Crippen LogP contribution in [0.5, 0.6) is 0 Å². The molecular formula is C10H13BrN2O4. The third kappa shape index (κ3) is 3.45. The molecular weight excluding hydrogens is 292 g/mol. The Morgan fingerprint density at radius 3 is 2.76 bits per heavy atom. The maximum absolute atomic E-state index is 10.7. The summed E-state index contributed by atoms with van der Waals surface area (Å²) in [6.07, 6.45) is -0.453. The van der Waals surface area contributed by atoms with E-state index in [1.165, 1.54) is 19.2 Å². The maximum atomic E-state index is 10.7. The van der Waals surface area contributed by atoms with E-state index in [1.807, 2.05) is 0 Å². The first kappa shape index (κ1) is 14.0. The van der Waals surface area contributed by atoms with Gasteiger partial charge >= 0.3 is 0 Å². The molecule has 0 aliphatic rings. The second kappa shape index (κ2) is 6.04. The van der Waals surface area contributed by atoms with E-state index in [9.17, 15) is 20.3 Å². The van der Waals surface area contributed by atoms with Crippen LogP contribution in [0.25, 0.3) is 0 Å². The first-order chi connectivity index (χ1) is 7.97. The molecule has 0 aliphatic carbocycles. The van der Waals surface area contributed by atoms with Crippen LogP contribution in [0.3, 0.4) is 0 Å². The molecule has 94 valence electrons. The lowest BCUT2D eigenvalue weighted by Crippen LogP contribution is -2.19. The van der Waals surface area contributed by atoms with Gasteiger partial charge in [-0.3, -0.25) is 15.1 Å². The van der Waals surface area contributed by atoms with E-state index in [2.05, 4.69) is 20.9 Å². The summed E-state index contributed by atoms with van der Waals surface area (Å²) in [5, 5.41) is 30.6. The van der Waals surface area contributed by atoms with Crippen molar-refractivity contribution in [1.82, 2.24) is 4.98 Å². The van der Waals surface area contributed by atoms with E-state index in [4.69, 9.17) is 0 Å². The van der Waals surface area contributed by atoms with Gasteiger partial charge in [0.1, 0.15) is 11.8 Å². The summed E-state index contributed by atoms with van der Waals surface area (Å²) in [6, 6.07) is 1.24. The van der Waals surface area contributed by atoms with Crippen LogP contribution in [0.4, 0.5) is 5.69 Å². The number of hydrogen-bond acceptors (Lipinski definition) is 5. The quantitative estimate of drug-likeness (QED) is 0.488. The lowest BCUT2D eigenvalue weighted by Gasteiger charge is -2.16. The summed E-state index contributed by atoms with van der Waals surface area (Å²) < 4.78 is 0. The van der Waals surface area contributed by atoms with Gasteiger partial charge in [0.05, 0.1) is 11.0 Å². The van der Waals surface area contributed by atoms with Crippen LogP contribution in [0.15, 0.2) is 12.3 Å². The topological polar surface area (TPSA) is 96.5 Å². The SMILES string of the molecule is Cc1ncc(C(O)C(O)CCBr)cc1[N+](=O)[O-]. The van der Waals surface area contributed by atoms with Crippen molar-refractivity contribution in [1.29, 1.82) is 0 Å². The van der Waals surface area contributed by atoms with Crippen molar-refractivity contribution >= 4 is 21.6 Å². The van der Waals surface area contributed by atoms with Crippen molar-refractivity contribution in [3.8, 4) is 0 Å². The van der Waals surface area contributed by atoms with Crippen LogP contribution in [0.2, 0.25) is 0 Å². The lowest BCUT2D eigenvalue weighted by molar-refractivity contribution is -0.385. The highest BCUT2D eigenvalue weighted by molar-refractivity contribution is 9.09. The first-order valence-electron chi connectivity index (χ1n) is 5.00. The van der Waals surface area contributed by atoms with E-state index in [1.54, 1.807) is 0 Å². The summed E-state index contributed by atoms with van der Waals surface area (Å²) >= 11 is 3.15. The Kier molecular flexibility index (Phi) is 4.98. The monoisotopic (exact) mass is 304 g/mol. The molecule has 7 heteroatoms. The van der Waals surface area contributed by atoms with Gasteiger partial charge in [0, 0.05) is 23.2 Å². The van der Waals surface area contributed by atoms with Gasteiger partial charge in [-0.05, 0) is 13.3 Å². The number of nitro groups is 1. The fourth-order valence-electron chi connectivity index (χ4n) is 1.38. The molecule has 2 N–H and O–H groups in total. The van der Waals surface area contributed by atoms with Gasteiger partial charge in [-0.1, -0.05) is 15.9 Å². The fourth-order valence-corrected chi connectivity index (χ4v) is 1.84. The Hall–Kier alpha value is -1.05. The zero-order valence-corrected chi connectivity index (χ0v) is 10.8. The van der Waals surface area contributed by atoms with Crippen LogP contribution in [0.1, 0.15) is 23.8 Å². The molecule has 1 aromatic heterocycles. The Bertz CT molecular complexity index is 413. The summed E-state index contributed by atoms with van der Waals surface area (Å²) in [6.45, 7) is 1.52. The Morgan fingerprint density at radius 2 is 2.24 bits per heavy atom. The van der Waals surface area contributed by atoms with Crippen LogP contribution in [-0.4, -0.2) is 31.6 Å². The Morgan fingerprint density at radius 1 is 1.59 bits per heavy atom. The Balaban J connectivity index is 2.99. The van der Waals surface area contributed by atoms with Crippen LogP contribution < -0.4 is 0 Å². The number of aryl methyl sites for hydroxylation is 1. The molecule has 0 spiro atoms.